The quantitative estimate of drug-likeness (QED) is 0.144. The molecule has 212 valence electrons. The van der Waals surface area contributed by atoms with E-state index in [4.69, 9.17) is 9.26 Å². The van der Waals surface area contributed by atoms with Gasteiger partial charge in [0, 0.05) is 12.1 Å². The number of carbonyl (C=O) groups excluding carboxylic acids is 2. The number of nitrogens with one attached hydrogen (secondary N) is 1. The molecule has 1 aliphatic rings. The van der Waals surface area contributed by atoms with Crippen LogP contribution in [0.4, 0.5) is 5.69 Å². The van der Waals surface area contributed by atoms with Gasteiger partial charge in [-0.15, -0.1) is 0 Å². The van der Waals surface area contributed by atoms with Crippen molar-refractivity contribution >= 4 is 40.4 Å². The van der Waals surface area contributed by atoms with E-state index in [9.17, 15) is 14.4 Å². The lowest BCUT2D eigenvalue weighted by Crippen LogP contribution is -2.41. The Balaban J connectivity index is 1.22. The topological polar surface area (TPSA) is 109 Å². The van der Waals surface area contributed by atoms with Gasteiger partial charge < -0.3 is 4.74 Å². The summed E-state index contributed by atoms with van der Waals surface area (Å²) in [6, 6.07) is 35.2. The van der Waals surface area contributed by atoms with Crippen LogP contribution in [0.15, 0.2) is 135 Å². The molecular weight excluding hydrogens is 564 g/mol. The number of ether oxygens (including phenoxy) is 1. The van der Waals surface area contributed by atoms with Gasteiger partial charge in [-0.05, 0) is 51.4 Å². The number of hydrogen-bond donors (Lipinski definition) is 1. The molecule has 43 heavy (non-hydrogen) atoms. The van der Waals surface area contributed by atoms with Gasteiger partial charge in [-0.3, -0.25) is 19.0 Å². The number of para-hydroxylation sites is 2. The van der Waals surface area contributed by atoms with Gasteiger partial charge in [-0.25, -0.2) is 9.79 Å². The molecule has 4 aromatic carbocycles. The van der Waals surface area contributed by atoms with Gasteiger partial charge in [-0.2, -0.15) is 0 Å². The molecule has 6 rings (SSSR count). The highest BCUT2D eigenvalue weighted by Gasteiger charge is 2.35. The van der Waals surface area contributed by atoms with Gasteiger partial charge in [-0.1, -0.05) is 90.6 Å². The van der Waals surface area contributed by atoms with Crippen molar-refractivity contribution in [2.24, 2.45) is 4.99 Å². The van der Waals surface area contributed by atoms with E-state index in [0.29, 0.717) is 28.9 Å². The minimum atomic E-state index is -0.782. The number of H-pyrrole nitrogens is 1. The fourth-order valence-corrected chi connectivity index (χ4v) is 5.30. The number of benzene rings is 4. The second kappa shape index (κ2) is 12.6. The van der Waals surface area contributed by atoms with Crippen LogP contribution >= 0.6 is 11.8 Å². The first kappa shape index (κ1) is 27.7. The SMILES string of the molecule is O=C(CSC1=N/C(=C/c2ccc(OCc3ccccc3)cc2)C(=O)N1c1ccccc1)c1c(=O)o[nH][n+]1-c1ccccc1. The number of anilines is 1. The van der Waals surface area contributed by atoms with Crippen molar-refractivity contribution in [2.75, 3.05) is 10.7 Å². The molecule has 0 spiro atoms. The summed E-state index contributed by atoms with van der Waals surface area (Å²) < 4.78 is 12.1. The van der Waals surface area contributed by atoms with Crippen LogP contribution in [-0.4, -0.2) is 27.9 Å². The summed E-state index contributed by atoms with van der Waals surface area (Å²) in [6.07, 6.45) is 1.69. The molecule has 1 aromatic heterocycles. The molecule has 1 aliphatic heterocycles. The largest absolute Gasteiger partial charge is 0.489 e. The Kier molecular flexibility index (Phi) is 8.10. The Morgan fingerprint density at radius 2 is 1.53 bits per heavy atom. The van der Waals surface area contributed by atoms with E-state index < -0.39 is 11.4 Å². The molecule has 0 saturated heterocycles. The molecule has 0 fully saturated rings. The smallest absolute Gasteiger partial charge is 0.438 e. The highest BCUT2D eigenvalue weighted by atomic mass is 32.2. The predicted octanol–water partition coefficient (Wildman–Crippen LogP) is 5.18. The summed E-state index contributed by atoms with van der Waals surface area (Å²) in [5.74, 6) is -0.248. The van der Waals surface area contributed by atoms with E-state index in [0.717, 1.165) is 22.9 Å². The summed E-state index contributed by atoms with van der Waals surface area (Å²) >= 11 is 1.07. The molecule has 9 nitrogen and oxygen atoms in total. The van der Waals surface area contributed by atoms with Crippen LogP contribution in [0.25, 0.3) is 11.8 Å². The Morgan fingerprint density at radius 1 is 0.884 bits per heavy atom. The number of amides is 1. The van der Waals surface area contributed by atoms with Crippen LogP contribution in [-0.2, 0) is 11.4 Å². The van der Waals surface area contributed by atoms with Crippen molar-refractivity contribution in [2.45, 2.75) is 6.61 Å². The number of carbonyl (C=O) groups is 2. The number of rotatable bonds is 9. The average molecular weight is 590 g/mol. The van der Waals surface area contributed by atoms with Gasteiger partial charge in [0.1, 0.15) is 18.1 Å². The maximum atomic E-state index is 13.6. The molecule has 5 aromatic rings. The Bertz CT molecular complexity index is 1870. The summed E-state index contributed by atoms with van der Waals surface area (Å²) in [6.45, 7) is 0.450. The number of amidine groups is 1. The molecule has 0 atom stereocenters. The minimum absolute atomic E-state index is 0.147. The molecular formula is C33H25N4O5S+. The van der Waals surface area contributed by atoms with Gasteiger partial charge in [0.2, 0.25) is 11.5 Å². The summed E-state index contributed by atoms with van der Waals surface area (Å²) in [4.78, 5) is 45.3. The number of aromatic amines is 1. The number of ketones is 1. The third-order valence-corrected chi connectivity index (χ3v) is 7.47. The average Bonchev–Trinajstić information content (AvgIpc) is 3.59. The van der Waals surface area contributed by atoms with Crippen LogP contribution in [0.5, 0.6) is 5.75 Å². The monoisotopic (exact) mass is 589 g/mol. The first-order valence-electron chi connectivity index (χ1n) is 13.4. The maximum Gasteiger partial charge on any atom is 0.438 e. The van der Waals surface area contributed by atoms with Crippen LogP contribution in [0, 0.1) is 0 Å². The summed E-state index contributed by atoms with van der Waals surface area (Å²) in [5.41, 5.74) is 2.30. The highest BCUT2D eigenvalue weighted by molar-refractivity contribution is 8.14. The fourth-order valence-electron chi connectivity index (χ4n) is 4.43. The molecule has 2 heterocycles. The van der Waals surface area contributed by atoms with E-state index in [1.54, 1.807) is 42.5 Å². The van der Waals surface area contributed by atoms with Gasteiger partial charge in [0.15, 0.2) is 5.17 Å². The Morgan fingerprint density at radius 3 is 2.23 bits per heavy atom. The standard InChI is InChI=1S/C33H24N4O5S/c38-29(30-32(40)42-35-37(30)26-14-8-3-9-15-26)22-43-33-34-28(31(39)36(33)25-12-6-2-7-13-25)20-23-16-18-27(19-17-23)41-21-24-10-4-1-5-11-24/h1-20H,21-22H2/p+1/b28-20+. The van der Waals surface area contributed by atoms with E-state index in [1.165, 1.54) is 9.58 Å². The zero-order chi connectivity index (χ0) is 29.6. The third-order valence-electron chi connectivity index (χ3n) is 6.53. The van der Waals surface area contributed by atoms with E-state index >= 15 is 0 Å². The highest BCUT2D eigenvalue weighted by Crippen LogP contribution is 2.30. The van der Waals surface area contributed by atoms with Crippen LogP contribution in [0.3, 0.4) is 0 Å². The first-order valence-corrected chi connectivity index (χ1v) is 14.4. The zero-order valence-electron chi connectivity index (χ0n) is 22.8. The zero-order valence-corrected chi connectivity index (χ0v) is 23.6. The van der Waals surface area contributed by atoms with Crippen LogP contribution in [0.1, 0.15) is 21.6 Å². The lowest BCUT2D eigenvalue weighted by Gasteiger charge is -2.17. The van der Waals surface area contributed by atoms with Gasteiger partial charge >= 0.3 is 11.3 Å². The maximum absolute atomic E-state index is 13.6. The normalized spacial score (nSPS) is 13.8. The summed E-state index contributed by atoms with van der Waals surface area (Å²) in [7, 11) is 0. The number of Topliss-reactive ketones (excluding diaryl/α,β-unsaturated/α-hetero) is 1. The number of hydrogen-bond acceptors (Lipinski definition) is 7. The summed E-state index contributed by atoms with van der Waals surface area (Å²) in [5, 5.41) is 2.81. The lowest BCUT2D eigenvalue weighted by atomic mass is 10.2. The molecule has 0 unspecified atom stereocenters. The molecule has 0 saturated carbocycles. The number of aromatic nitrogens is 2. The second-order valence-electron chi connectivity index (χ2n) is 9.46. The van der Waals surface area contributed by atoms with Crippen molar-refractivity contribution < 1.29 is 23.5 Å². The van der Waals surface area contributed by atoms with Crippen molar-refractivity contribution in [3.63, 3.8) is 0 Å². The first-order chi connectivity index (χ1) is 21.1. The van der Waals surface area contributed by atoms with Crippen molar-refractivity contribution in [3.8, 4) is 11.4 Å². The second-order valence-corrected chi connectivity index (χ2v) is 10.4. The van der Waals surface area contributed by atoms with Crippen LogP contribution in [0.2, 0.25) is 0 Å². The Hall–Kier alpha value is -5.48. The van der Waals surface area contributed by atoms with Crippen LogP contribution < -0.4 is 19.9 Å². The van der Waals surface area contributed by atoms with Crippen molar-refractivity contribution in [3.05, 3.63) is 148 Å². The minimum Gasteiger partial charge on any atom is -0.489 e. The molecule has 0 radical (unpaired) electrons. The number of aliphatic imine (C=N–C) groups is 1. The van der Waals surface area contributed by atoms with Crippen molar-refractivity contribution in [1.82, 2.24) is 5.27 Å². The number of thioether (sulfide) groups is 1. The van der Waals surface area contributed by atoms with Gasteiger partial charge in [0.05, 0.1) is 11.4 Å². The lowest BCUT2D eigenvalue weighted by molar-refractivity contribution is -0.672. The molecule has 1 amide bonds. The molecule has 0 aliphatic carbocycles. The van der Waals surface area contributed by atoms with E-state index in [2.05, 4.69) is 10.3 Å². The van der Waals surface area contributed by atoms with E-state index in [1.807, 2.05) is 78.9 Å². The molecule has 0 bridgehead atoms. The van der Waals surface area contributed by atoms with Crippen molar-refractivity contribution in [1.29, 1.82) is 0 Å². The van der Waals surface area contributed by atoms with E-state index in [-0.39, 0.29) is 23.1 Å². The molecule has 10 heteroatoms. The Labute approximate surface area is 250 Å². The number of nitrogens with zero attached hydrogens (tertiary/aromatic N) is 3. The fraction of sp³-hybridized carbons (Fsp3) is 0.0606. The third kappa shape index (κ3) is 6.24. The molecule has 1 N–H and O–H groups in total. The predicted molar refractivity (Wildman–Crippen MR) is 164 cm³/mol. The van der Waals surface area contributed by atoms with Gasteiger partial charge in [0.25, 0.3) is 5.91 Å².